The van der Waals surface area contributed by atoms with Crippen LogP contribution in [0.15, 0.2) is 24.3 Å². The zero-order valence-electron chi connectivity index (χ0n) is 13.1. The van der Waals surface area contributed by atoms with E-state index in [0.717, 1.165) is 6.42 Å². The molecule has 1 unspecified atom stereocenters. The molecular formula is C17H21NO5. The average Bonchev–Trinajstić information content (AvgIpc) is 2.52. The summed E-state index contributed by atoms with van der Waals surface area (Å²) < 4.78 is 10.9. The molecule has 1 heterocycles. The first-order chi connectivity index (χ1) is 11.0. The van der Waals surface area contributed by atoms with Gasteiger partial charge >= 0.3 is 5.97 Å². The lowest BCUT2D eigenvalue weighted by molar-refractivity contribution is -0.181. The van der Waals surface area contributed by atoms with Gasteiger partial charge in [0.05, 0.1) is 18.6 Å². The lowest BCUT2D eigenvalue weighted by Gasteiger charge is -2.50. The van der Waals surface area contributed by atoms with E-state index in [2.05, 4.69) is 5.32 Å². The third-order valence-corrected chi connectivity index (χ3v) is 4.77. The first-order valence-corrected chi connectivity index (χ1v) is 7.83. The predicted molar refractivity (Wildman–Crippen MR) is 82.5 cm³/mol. The Hall–Kier alpha value is -2.08. The van der Waals surface area contributed by atoms with E-state index in [4.69, 9.17) is 14.6 Å². The quantitative estimate of drug-likeness (QED) is 0.884. The van der Waals surface area contributed by atoms with E-state index >= 15 is 0 Å². The number of rotatable bonds is 4. The van der Waals surface area contributed by atoms with Crippen LogP contribution in [0.25, 0.3) is 0 Å². The minimum absolute atomic E-state index is 0.0214. The minimum Gasteiger partial charge on any atom is -0.497 e. The fourth-order valence-electron chi connectivity index (χ4n) is 3.46. The first kappa shape index (κ1) is 15.8. The van der Waals surface area contributed by atoms with Crippen LogP contribution in [0.1, 0.15) is 36.0 Å². The summed E-state index contributed by atoms with van der Waals surface area (Å²) in [7, 11) is 1.58. The van der Waals surface area contributed by atoms with E-state index in [0.29, 0.717) is 37.2 Å². The van der Waals surface area contributed by atoms with Crippen LogP contribution < -0.4 is 10.1 Å². The molecule has 6 nitrogen and oxygen atoms in total. The van der Waals surface area contributed by atoms with Crippen molar-refractivity contribution in [1.82, 2.24) is 5.32 Å². The monoisotopic (exact) mass is 319 g/mol. The molecule has 1 aliphatic carbocycles. The zero-order chi connectivity index (χ0) is 16.4. The summed E-state index contributed by atoms with van der Waals surface area (Å²) in [5.41, 5.74) is 0.225. The molecule has 1 saturated heterocycles. The van der Waals surface area contributed by atoms with Gasteiger partial charge in [0.25, 0.3) is 5.91 Å². The smallest absolute Gasteiger partial charge is 0.306 e. The maximum atomic E-state index is 12.3. The molecule has 23 heavy (non-hydrogen) atoms. The van der Waals surface area contributed by atoms with Gasteiger partial charge in [-0.15, -0.1) is 0 Å². The average molecular weight is 319 g/mol. The van der Waals surface area contributed by atoms with Gasteiger partial charge in [0.15, 0.2) is 0 Å². The third-order valence-electron chi connectivity index (χ3n) is 4.77. The molecule has 1 saturated carbocycles. The maximum absolute atomic E-state index is 12.3. The highest BCUT2D eigenvalue weighted by Crippen LogP contribution is 2.46. The summed E-state index contributed by atoms with van der Waals surface area (Å²) in [5.74, 6) is -0.487. The summed E-state index contributed by atoms with van der Waals surface area (Å²) >= 11 is 0. The van der Waals surface area contributed by atoms with E-state index in [9.17, 15) is 9.59 Å². The zero-order valence-corrected chi connectivity index (χ0v) is 13.1. The van der Waals surface area contributed by atoms with Crippen LogP contribution in [0.3, 0.4) is 0 Å². The number of benzene rings is 1. The number of hydrogen-bond acceptors (Lipinski definition) is 4. The number of carboxylic acid groups (broad SMARTS) is 1. The summed E-state index contributed by atoms with van der Waals surface area (Å²) in [5, 5.41) is 12.0. The van der Waals surface area contributed by atoms with Crippen molar-refractivity contribution in [3.05, 3.63) is 29.8 Å². The molecule has 1 spiro atoms. The number of amides is 1. The normalized spacial score (nSPS) is 29.6. The molecule has 3 rings (SSSR count). The third kappa shape index (κ3) is 3.32. The molecule has 0 radical (unpaired) electrons. The van der Waals surface area contributed by atoms with Gasteiger partial charge in [0.2, 0.25) is 0 Å². The molecule has 2 fully saturated rings. The van der Waals surface area contributed by atoms with E-state index in [1.165, 1.54) is 0 Å². The van der Waals surface area contributed by atoms with Crippen molar-refractivity contribution in [3.8, 4) is 5.75 Å². The number of carbonyl (C=O) groups is 2. The van der Waals surface area contributed by atoms with Crippen molar-refractivity contribution >= 4 is 11.9 Å². The van der Waals surface area contributed by atoms with E-state index < -0.39 is 5.97 Å². The van der Waals surface area contributed by atoms with E-state index in [1.807, 2.05) is 0 Å². The van der Waals surface area contributed by atoms with Crippen LogP contribution in [0, 0.1) is 5.92 Å². The Morgan fingerprint density at radius 1 is 1.26 bits per heavy atom. The Labute approximate surface area is 134 Å². The van der Waals surface area contributed by atoms with Crippen LogP contribution in [0.4, 0.5) is 0 Å². The molecule has 1 aromatic rings. The number of carbonyl (C=O) groups excluding carboxylic acids is 1. The Kier molecular flexibility index (Phi) is 4.26. The van der Waals surface area contributed by atoms with Crippen LogP contribution in [-0.2, 0) is 9.53 Å². The molecular weight excluding hydrogens is 298 g/mol. The van der Waals surface area contributed by atoms with E-state index in [-0.39, 0.29) is 23.5 Å². The van der Waals surface area contributed by atoms with Crippen LogP contribution in [-0.4, -0.2) is 42.3 Å². The number of carboxylic acids is 1. The number of methoxy groups -OCH3 is 1. The molecule has 1 aromatic carbocycles. The van der Waals surface area contributed by atoms with Crippen LogP contribution in [0.2, 0.25) is 0 Å². The number of aliphatic carboxylic acids is 1. The summed E-state index contributed by atoms with van der Waals surface area (Å²) in [6.07, 6.45) is 2.51. The van der Waals surface area contributed by atoms with Crippen LogP contribution >= 0.6 is 0 Å². The fraction of sp³-hybridized carbons (Fsp3) is 0.529. The summed E-state index contributed by atoms with van der Waals surface area (Å²) in [4.78, 5) is 23.3. The molecule has 0 aromatic heterocycles. The van der Waals surface area contributed by atoms with Crippen molar-refractivity contribution in [1.29, 1.82) is 0 Å². The van der Waals surface area contributed by atoms with Crippen molar-refractivity contribution < 1.29 is 24.2 Å². The Balaban J connectivity index is 1.57. The standard InChI is InChI=1S/C17H21NO5/c1-22-14-4-2-11(3-5-14)15(19)18-13-6-7-23-17(10-13)8-12(9-17)16(20)21/h2-5,12-13H,6-10H2,1H3,(H,18,19)(H,20,21). The molecule has 2 N–H and O–H groups in total. The van der Waals surface area contributed by atoms with Gasteiger partial charge in [-0.2, -0.15) is 0 Å². The Morgan fingerprint density at radius 3 is 2.57 bits per heavy atom. The Bertz CT molecular complexity index is 592. The molecule has 124 valence electrons. The van der Waals surface area contributed by atoms with Crippen molar-refractivity contribution in [2.45, 2.75) is 37.3 Å². The SMILES string of the molecule is COc1ccc(C(=O)NC2CCOC3(C2)CC(C(=O)O)C3)cc1. The van der Waals surface area contributed by atoms with Gasteiger partial charge in [0, 0.05) is 18.2 Å². The second-order valence-corrected chi connectivity index (χ2v) is 6.37. The highest BCUT2D eigenvalue weighted by Gasteiger charge is 2.51. The number of nitrogens with one attached hydrogen (secondary N) is 1. The summed E-state index contributed by atoms with van der Waals surface area (Å²) in [6, 6.07) is 6.99. The lowest BCUT2D eigenvalue weighted by Crippen LogP contribution is -2.56. The summed E-state index contributed by atoms with van der Waals surface area (Å²) in [6.45, 7) is 0.555. The molecule has 1 aliphatic heterocycles. The number of ether oxygens (including phenoxy) is 2. The lowest BCUT2D eigenvalue weighted by atomic mass is 9.66. The predicted octanol–water partition coefficient (Wildman–Crippen LogP) is 1.84. The van der Waals surface area contributed by atoms with E-state index in [1.54, 1.807) is 31.4 Å². The van der Waals surface area contributed by atoms with Crippen LogP contribution in [0.5, 0.6) is 5.75 Å². The molecule has 2 aliphatic rings. The maximum Gasteiger partial charge on any atom is 0.306 e. The molecule has 0 bridgehead atoms. The van der Waals surface area contributed by atoms with Gasteiger partial charge in [-0.25, -0.2) is 0 Å². The van der Waals surface area contributed by atoms with Gasteiger partial charge < -0.3 is 19.9 Å². The second-order valence-electron chi connectivity index (χ2n) is 6.37. The highest BCUT2D eigenvalue weighted by atomic mass is 16.5. The number of hydrogen-bond donors (Lipinski definition) is 2. The van der Waals surface area contributed by atoms with Gasteiger partial charge in [0.1, 0.15) is 5.75 Å². The molecule has 1 atom stereocenters. The Morgan fingerprint density at radius 2 is 1.96 bits per heavy atom. The van der Waals surface area contributed by atoms with Gasteiger partial charge in [-0.3, -0.25) is 9.59 Å². The minimum atomic E-state index is -0.761. The van der Waals surface area contributed by atoms with Gasteiger partial charge in [-0.05, 0) is 49.9 Å². The van der Waals surface area contributed by atoms with Crippen molar-refractivity contribution in [2.75, 3.05) is 13.7 Å². The highest BCUT2D eigenvalue weighted by molar-refractivity contribution is 5.94. The molecule has 6 heteroatoms. The molecule has 1 amide bonds. The first-order valence-electron chi connectivity index (χ1n) is 7.83. The topological polar surface area (TPSA) is 84.9 Å². The van der Waals surface area contributed by atoms with Crippen molar-refractivity contribution in [3.63, 3.8) is 0 Å². The van der Waals surface area contributed by atoms with Gasteiger partial charge in [-0.1, -0.05) is 0 Å². The van der Waals surface area contributed by atoms with Crippen molar-refractivity contribution in [2.24, 2.45) is 5.92 Å². The largest absolute Gasteiger partial charge is 0.497 e. The second kappa shape index (κ2) is 6.20. The fourth-order valence-corrected chi connectivity index (χ4v) is 3.46.